The van der Waals surface area contributed by atoms with Gasteiger partial charge in [-0.3, -0.25) is 4.79 Å². The zero-order valence-electron chi connectivity index (χ0n) is 13.8. The molecule has 1 atom stereocenters. The van der Waals surface area contributed by atoms with Crippen molar-refractivity contribution in [3.05, 3.63) is 59.7 Å². The van der Waals surface area contributed by atoms with E-state index >= 15 is 0 Å². The SMILES string of the molecule is CC[C@H](C)NC(=O)c1ccc(OC)c(COc2ccccc2)c1. The molecular formula is C19H23NO3. The molecule has 0 saturated carbocycles. The number of ether oxygens (including phenoxy) is 2. The predicted molar refractivity (Wildman–Crippen MR) is 91.0 cm³/mol. The lowest BCUT2D eigenvalue weighted by Gasteiger charge is -2.14. The van der Waals surface area contributed by atoms with Gasteiger partial charge in [-0.2, -0.15) is 0 Å². The average molecular weight is 313 g/mol. The van der Waals surface area contributed by atoms with Crippen LogP contribution in [0.1, 0.15) is 36.2 Å². The molecular weight excluding hydrogens is 290 g/mol. The van der Waals surface area contributed by atoms with E-state index in [1.165, 1.54) is 0 Å². The minimum absolute atomic E-state index is 0.0806. The molecule has 1 amide bonds. The minimum atomic E-state index is -0.0806. The first kappa shape index (κ1) is 16.9. The number of methoxy groups -OCH3 is 1. The standard InChI is InChI=1S/C19H23NO3/c1-4-14(2)20-19(21)15-10-11-18(22-3)16(12-15)13-23-17-8-6-5-7-9-17/h5-12,14H,4,13H2,1-3H3,(H,20,21)/t14-/m0/s1. The number of rotatable bonds is 7. The van der Waals surface area contributed by atoms with Crippen molar-refractivity contribution in [1.29, 1.82) is 0 Å². The van der Waals surface area contributed by atoms with Crippen LogP contribution < -0.4 is 14.8 Å². The molecule has 4 nitrogen and oxygen atoms in total. The fourth-order valence-corrected chi connectivity index (χ4v) is 2.12. The van der Waals surface area contributed by atoms with E-state index in [1.54, 1.807) is 19.2 Å². The second-order valence-corrected chi connectivity index (χ2v) is 5.41. The van der Waals surface area contributed by atoms with Gasteiger partial charge < -0.3 is 14.8 Å². The van der Waals surface area contributed by atoms with E-state index in [9.17, 15) is 4.79 Å². The van der Waals surface area contributed by atoms with Crippen LogP contribution in [-0.2, 0) is 6.61 Å². The first-order valence-electron chi connectivity index (χ1n) is 7.79. The van der Waals surface area contributed by atoms with E-state index in [0.29, 0.717) is 17.9 Å². The topological polar surface area (TPSA) is 47.6 Å². The molecule has 1 N–H and O–H groups in total. The summed E-state index contributed by atoms with van der Waals surface area (Å²) in [6.07, 6.45) is 0.895. The van der Waals surface area contributed by atoms with Crippen molar-refractivity contribution in [2.45, 2.75) is 32.9 Å². The van der Waals surface area contributed by atoms with Crippen LogP contribution in [-0.4, -0.2) is 19.1 Å². The lowest BCUT2D eigenvalue weighted by Crippen LogP contribution is -2.31. The van der Waals surface area contributed by atoms with E-state index < -0.39 is 0 Å². The van der Waals surface area contributed by atoms with Crippen LogP contribution in [0.2, 0.25) is 0 Å². The van der Waals surface area contributed by atoms with Gasteiger partial charge in [-0.05, 0) is 43.7 Å². The lowest BCUT2D eigenvalue weighted by molar-refractivity contribution is 0.0939. The molecule has 2 aromatic rings. The third kappa shape index (κ3) is 4.74. The van der Waals surface area contributed by atoms with Crippen molar-refractivity contribution >= 4 is 5.91 Å². The van der Waals surface area contributed by atoms with Gasteiger partial charge in [0.05, 0.1) is 7.11 Å². The molecule has 4 heteroatoms. The molecule has 0 unspecified atom stereocenters. The Morgan fingerprint density at radius 1 is 1.17 bits per heavy atom. The Bertz CT molecular complexity index is 640. The molecule has 0 fully saturated rings. The Morgan fingerprint density at radius 2 is 1.91 bits per heavy atom. The van der Waals surface area contributed by atoms with Crippen LogP contribution in [0.15, 0.2) is 48.5 Å². The molecule has 0 saturated heterocycles. The fraction of sp³-hybridized carbons (Fsp3) is 0.316. The van der Waals surface area contributed by atoms with Crippen molar-refractivity contribution in [2.75, 3.05) is 7.11 Å². The molecule has 0 aliphatic carbocycles. The number of nitrogens with one attached hydrogen (secondary N) is 1. The maximum absolute atomic E-state index is 12.2. The molecule has 2 aromatic carbocycles. The van der Waals surface area contributed by atoms with Crippen LogP contribution in [0.25, 0.3) is 0 Å². The third-order valence-corrected chi connectivity index (χ3v) is 3.67. The summed E-state index contributed by atoms with van der Waals surface area (Å²) >= 11 is 0. The third-order valence-electron chi connectivity index (χ3n) is 3.67. The highest BCUT2D eigenvalue weighted by molar-refractivity contribution is 5.94. The zero-order chi connectivity index (χ0) is 16.7. The highest BCUT2D eigenvalue weighted by Crippen LogP contribution is 2.22. The molecule has 0 heterocycles. The molecule has 0 radical (unpaired) electrons. The summed E-state index contributed by atoms with van der Waals surface area (Å²) in [5.41, 5.74) is 1.45. The number of benzene rings is 2. The average Bonchev–Trinajstić information content (AvgIpc) is 2.60. The largest absolute Gasteiger partial charge is 0.496 e. The van der Waals surface area contributed by atoms with Crippen molar-refractivity contribution < 1.29 is 14.3 Å². The Balaban J connectivity index is 2.13. The Morgan fingerprint density at radius 3 is 2.57 bits per heavy atom. The Kier molecular flexibility index (Phi) is 6.03. The summed E-state index contributed by atoms with van der Waals surface area (Å²) in [5.74, 6) is 1.41. The summed E-state index contributed by atoms with van der Waals surface area (Å²) in [7, 11) is 1.61. The molecule has 0 bridgehead atoms. The Labute approximate surface area is 137 Å². The number of amides is 1. The highest BCUT2D eigenvalue weighted by Gasteiger charge is 2.12. The maximum Gasteiger partial charge on any atom is 0.251 e. The quantitative estimate of drug-likeness (QED) is 0.845. The highest BCUT2D eigenvalue weighted by atomic mass is 16.5. The molecule has 122 valence electrons. The molecule has 2 rings (SSSR count). The van der Waals surface area contributed by atoms with Gasteiger partial charge in [-0.25, -0.2) is 0 Å². The lowest BCUT2D eigenvalue weighted by atomic mass is 10.1. The normalized spacial score (nSPS) is 11.6. The molecule has 0 aliphatic heterocycles. The van der Waals surface area contributed by atoms with Gasteiger partial charge in [0.1, 0.15) is 18.1 Å². The van der Waals surface area contributed by atoms with Crippen LogP contribution in [0.5, 0.6) is 11.5 Å². The van der Waals surface area contributed by atoms with Crippen LogP contribution >= 0.6 is 0 Å². The van der Waals surface area contributed by atoms with Crippen molar-refractivity contribution in [3.63, 3.8) is 0 Å². The van der Waals surface area contributed by atoms with E-state index in [0.717, 1.165) is 17.7 Å². The minimum Gasteiger partial charge on any atom is -0.496 e. The van der Waals surface area contributed by atoms with E-state index in [4.69, 9.17) is 9.47 Å². The van der Waals surface area contributed by atoms with Crippen molar-refractivity contribution in [3.8, 4) is 11.5 Å². The van der Waals surface area contributed by atoms with Gasteiger partial charge >= 0.3 is 0 Å². The number of carbonyl (C=O) groups excluding carboxylic acids is 1. The Hall–Kier alpha value is -2.49. The number of carbonyl (C=O) groups is 1. The van der Waals surface area contributed by atoms with E-state index in [1.807, 2.05) is 50.2 Å². The molecule has 0 aliphatic rings. The van der Waals surface area contributed by atoms with Gasteiger partial charge in [0.15, 0.2) is 0 Å². The second kappa shape index (κ2) is 8.22. The molecule has 23 heavy (non-hydrogen) atoms. The summed E-state index contributed by atoms with van der Waals surface area (Å²) in [6.45, 7) is 4.37. The summed E-state index contributed by atoms with van der Waals surface area (Å²) in [6, 6.07) is 15.1. The monoisotopic (exact) mass is 313 g/mol. The number of hydrogen-bond donors (Lipinski definition) is 1. The van der Waals surface area contributed by atoms with Crippen molar-refractivity contribution in [2.24, 2.45) is 0 Å². The van der Waals surface area contributed by atoms with Gasteiger partial charge in [-0.1, -0.05) is 25.1 Å². The number of hydrogen-bond acceptors (Lipinski definition) is 3. The summed E-state index contributed by atoms with van der Waals surface area (Å²) in [5, 5.41) is 2.96. The van der Waals surface area contributed by atoms with E-state index in [2.05, 4.69) is 5.32 Å². The first-order chi connectivity index (χ1) is 11.1. The zero-order valence-corrected chi connectivity index (χ0v) is 13.8. The van der Waals surface area contributed by atoms with Crippen LogP contribution in [0.4, 0.5) is 0 Å². The smallest absolute Gasteiger partial charge is 0.251 e. The van der Waals surface area contributed by atoms with Gasteiger partial charge in [0.2, 0.25) is 0 Å². The molecule has 0 spiro atoms. The van der Waals surface area contributed by atoms with Gasteiger partial charge in [0, 0.05) is 17.2 Å². The van der Waals surface area contributed by atoms with Crippen molar-refractivity contribution in [1.82, 2.24) is 5.32 Å². The van der Waals surface area contributed by atoms with Gasteiger partial charge in [0.25, 0.3) is 5.91 Å². The number of para-hydroxylation sites is 1. The molecule has 0 aromatic heterocycles. The summed E-state index contributed by atoms with van der Waals surface area (Å²) < 4.78 is 11.1. The van der Waals surface area contributed by atoms with Crippen LogP contribution in [0, 0.1) is 0 Å². The first-order valence-corrected chi connectivity index (χ1v) is 7.79. The van der Waals surface area contributed by atoms with Crippen LogP contribution in [0.3, 0.4) is 0 Å². The fourth-order valence-electron chi connectivity index (χ4n) is 2.12. The van der Waals surface area contributed by atoms with Gasteiger partial charge in [-0.15, -0.1) is 0 Å². The second-order valence-electron chi connectivity index (χ2n) is 5.41. The summed E-state index contributed by atoms with van der Waals surface area (Å²) in [4.78, 5) is 12.2. The van der Waals surface area contributed by atoms with E-state index in [-0.39, 0.29) is 11.9 Å². The maximum atomic E-state index is 12.2. The predicted octanol–water partition coefficient (Wildman–Crippen LogP) is 3.80.